The van der Waals surface area contributed by atoms with E-state index in [1.807, 2.05) is 6.92 Å². The van der Waals surface area contributed by atoms with E-state index >= 15 is 0 Å². The Morgan fingerprint density at radius 3 is 2.35 bits per heavy atom. The molecule has 8 heteroatoms. The Labute approximate surface area is 183 Å². The third kappa shape index (κ3) is 4.79. The van der Waals surface area contributed by atoms with Gasteiger partial charge in [-0.15, -0.1) is 0 Å². The molecule has 3 atom stereocenters. The maximum absolute atomic E-state index is 13.2. The van der Waals surface area contributed by atoms with E-state index in [9.17, 15) is 9.59 Å². The fourth-order valence-corrected chi connectivity index (χ4v) is 4.43. The first-order valence-electron chi connectivity index (χ1n) is 10.8. The first kappa shape index (κ1) is 22.9. The molecule has 31 heavy (non-hydrogen) atoms. The number of carbonyl (C=O) groups excluding carboxylic acids is 2. The molecule has 1 amide bonds. The first-order chi connectivity index (χ1) is 14.8. The highest BCUT2D eigenvalue weighted by Gasteiger charge is 2.30. The summed E-state index contributed by atoms with van der Waals surface area (Å²) in [6.45, 7) is 10.1. The Hall–Kier alpha value is -2.74. The van der Waals surface area contributed by atoms with Crippen LogP contribution in [0.1, 0.15) is 44.6 Å². The number of H-pyrrole nitrogens is 1. The molecule has 8 nitrogen and oxygen atoms in total. The van der Waals surface area contributed by atoms with Crippen molar-refractivity contribution in [2.75, 3.05) is 39.2 Å². The monoisotopic (exact) mass is 431 g/mol. The first-order valence-corrected chi connectivity index (χ1v) is 10.8. The number of benzene rings is 1. The molecule has 2 heterocycles. The lowest BCUT2D eigenvalue weighted by Crippen LogP contribution is -2.48. The smallest absolute Gasteiger partial charge is 0.356 e. The van der Waals surface area contributed by atoms with Crippen molar-refractivity contribution in [2.45, 2.75) is 40.2 Å². The van der Waals surface area contributed by atoms with Crippen LogP contribution in [0.25, 0.3) is 10.9 Å². The summed E-state index contributed by atoms with van der Waals surface area (Å²) >= 11 is 0. The van der Waals surface area contributed by atoms with E-state index in [4.69, 9.17) is 14.2 Å². The van der Waals surface area contributed by atoms with Crippen molar-refractivity contribution in [1.29, 1.82) is 0 Å². The van der Waals surface area contributed by atoms with Gasteiger partial charge in [-0.2, -0.15) is 0 Å². The zero-order chi connectivity index (χ0) is 22.7. The number of hydrogen-bond acceptors (Lipinski definition) is 6. The molecule has 1 aliphatic heterocycles. The van der Waals surface area contributed by atoms with Gasteiger partial charge in [0.2, 0.25) is 5.91 Å². The van der Waals surface area contributed by atoms with Gasteiger partial charge in [0, 0.05) is 24.5 Å². The molecule has 3 unspecified atom stereocenters. The van der Waals surface area contributed by atoms with Gasteiger partial charge in [0.25, 0.3) is 0 Å². The van der Waals surface area contributed by atoms with E-state index in [0.717, 1.165) is 13.1 Å². The van der Waals surface area contributed by atoms with Gasteiger partial charge in [0.15, 0.2) is 11.5 Å². The predicted molar refractivity (Wildman–Crippen MR) is 120 cm³/mol. The lowest BCUT2D eigenvalue weighted by atomic mass is 9.91. The Morgan fingerprint density at radius 2 is 1.77 bits per heavy atom. The van der Waals surface area contributed by atoms with Gasteiger partial charge in [-0.3, -0.25) is 9.69 Å². The minimum atomic E-state index is -0.528. The van der Waals surface area contributed by atoms with Crippen LogP contribution < -0.4 is 14.8 Å². The Balaban J connectivity index is 1.97. The normalized spacial score (nSPS) is 20.3. The number of hydrogen-bond donors (Lipinski definition) is 2. The molecular weight excluding hydrogens is 398 g/mol. The Kier molecular flexibility index (Phi) is 7.10. The van der Waals surface area contributed by atoms with Crippen molar-refractivity contribution >= 4 is 28.5 Å². The molecule has 0 bridgehead atoms. The average Bonchev–Trinajstić information content (AvgIpc) is 3.08. The molecule has 0 aliphatic carbocycles. The van der Waals surface area contributed by atoms with Gasteiger partial charge in [-0.1, -0.05) is 13.8 Å². The lowest BCUT2D eigenvalue weighted by Gasteiger charge is -2.38. The topological polar surface area (TPSA) is 92.9 Å². The number of rotatable bonds is 7. The van der Waals surface area contributed by atoms with Crippen LogP contribution in [0, 0.1) is 11.8 Å². The van der Waals surface area contributed by atoms with E-state index in [1.165, 1.54) is 6.42 Å². The minimum Gasteiger partial charge on any atom is -0.493 e. The van der Waals surface area contributed by atoms with E-state index in [2.05, 4.69) is 29.0 Å². The number of esters is 1. The summed E-state index contributed by atoms with van der Waals surface area (Å²) in [5, 5.41) is 3.63. The van der Waals surface area contributed by atoms with E-state index < -0.39 is 5.97 Å². The van der Waals surface area contributed by atoms with Crippen molar-refractivity contribution in [2.24, 2.45) is 11.8 Å². The van der Waals surface area contributed by atoms with Crippen LogP contribution in [0.15, 0.2) is 12.1 Å². The van der Waals surface area contributed by atoms with Gasteiger partial charge in [-0.25, -0.2) is 4.79 Å². The standard InChI is InChI=1S/C23H33N3O5/c1-7-31-23(28)21-20(16-9-18(29-5)19(30-6)10-17(16)24-21)25-22(27)15(4)26-11-13(2)8-14(3)12-26/h9-10,13-15,24H,7-8,11-12H2,1-6H3,(H,25,27). The van der Waals surface area contributed by atoms with Crippen molar-refractivity contribution in [3.63, 3.8) is 0 Å². The van der Waals surface area contributed by atoms with Crippen LogP contribution in [0.5, 0.6) is 11.5 Å². The second kappa shape index (κ2) is 9.60. The Bertz CT molecular complexity index is 944. The van der Waals surface area contributed by atoms with Crippen LogP contribution in [-0.4, -0.2) is 61.7 Å². The number of nitrogens with zero attached hydrogens (tertiary/aromatic N) is 1. The number of nitrogens with one attached hydrogen (secondary N) is 2. The highest BCUT2D eigenvalue weighted by molar-refractivity contribution is 6.12. The van der Waals surface area contributed by atoms with Crippen LogP contribution in [0.4, 0.5) is 5.69 Å². The summed E-state index contributed by atoms with van der Waals surface area (Å²) in [5.74, 6) is 1.42. The molecule has 1 aliphatic rings. The third-order valence-electron chi connectivity index (χ3n) is 5.85. The van der Waals surface area contributed by atoms with Crippen molar-refractivity contribution in [1.82, 2.24) is 9.88 Å². The van der Waals surface area contributed by atoms with E-state index in [-0.39, 0.29) is 24.2 Å². The van der Waals surface area contributed by atoms with Crippen LogP contribution in [-0.2, 0) is 9.53 Å². The Morgan fingerprint density at radius 1 is 1.16 bits per heavy atom. The number of methoxy groups -OCH3 is 2. The largest absolute Gasteiger partial charge is 0.493 e. The van der Waals surface area contributed by atoms with E-state index in [1.54, 1.807) is 33.3 Å². The second-order valence-corrected chi connectivity index (χ2v) is 8.41. The fraction of sp³-hybridized carbons (Fsp3) is 0.565. The number of carbonyl (C=O) groups is 2. The van der Waals surface area contributed by atoms with Gasteiger partial charge in [-0.05, 0) is 38.2 Å². The van der Waals surface area contributed by atoms with Gasteiger partial charge in [0.05, 0.1) is 38.1 Å². The molecule has 3 rings (SSSR count). The molecule has 0 radical (unpaired) electrons. The molecule has 2 aromatic rings. The summed E-state index contributed by atoms with van der Waals surface area (Å²) in [6, 6.07) is 3.16. The molecule has 1 aromatic heterocycles. The van der Waals surface area contributed by atoms with Gasteiger partial charge in [0.1, 0.15) is 5.69 Å². The van der Waals surface area contributed by atoms with Crippen molar-refractivity contribution < 1.29 is 23.8 Å². The van der Waals surface area contributed by atoms with Gasteiger partial charge >= 0.3 is 5.97 Å². The summed E-state index contributed by atoms with van der Waals surface area (Å²) in [7, 11) is 3.09. The third-order valence-corrected chi connectivity index (χ3v) is 5.85. The summed E-state index contributed by atoms with van der Waals surface area (Å²) < 4.78 is 16.0. The van der Waals surface area contributed by atoms with E-state index in [0.29, 0.717) is 39.9 Å². The quantitative estimate of drug-likeness (QED) is 0.650. The molecule has 1 saturated heterocycles. The maximum atomic E-state index is 13.2. The lowest BCUT2D eigenvalue weighted by molar-refractivity contribution is -0.121. The number of likely N-dealkylation sites (tertiary alicyclic amines) is 1. The van der Waals surface area contributed by atoms with Crippen LogP contribution in [0.3, 0.4) is 0 Å². The summed E-state index contributed by atoms with van der Waals surface area (Å²) in [4.78, 5) is 31.1. The average molecular weight is 432 g/mol. The molecule has 2 N–H and O–H groups in total. The number of amides is 1. The minimum absolute atomic E-state index is 0.164. The SMILES string of the molecule is CCOC(=O)c1[nH]c2cc(OC)c(OC)cc2c1NC(=O)C(C)N1CC(C)CC(C)C1. The highest BCUT2D eigenvalue weighted by atomic mass is 16.5. The maximum Gasteiger partial charge on any atom is 0.356 e. The van der Waals surface area contributed by atoms with Crippen LogP contribution in [0.2, 0.25) is 0 Å². The molecule has 1 fully saturated rings. The number of fused-ring (bicyclic) bond motifs is 1. The highest BCUT2D eigenvalue weighted by Crippen LogP contribution is 2.37. The molecular formula is C23H33N3O5. The summed E-state index contributed by atoms with van der Waals surface area (Å²) in [5.41, 5.74) is 1.24. The number of ether oxygens (including phenoxy) is 3. The van der Waals surface area contributed by atoms with Crippen molar-refractivity contribution in [3.8, 4) is 11.5 Å². The van der Waals surface area contributed by atoms with Gasteiger partial charge < -0.3 is 24.5 Å². The van der Waals surface area contributed by atoms with Crippen molar-refractivity contribution in [3.05, 3.63) is 17.8 Å². The number of anilines is 1. The fourth-order valence-electron chi connectivity index (χ4n) is 4.43. The number of aromatic amines is 1. The second-order valence-electron chi connectivity index (χ2n) is 8.41. The number of piperidine rings is 1. The predicted octanol–water partition coefficient (Wildman–Crippen LogP) is 3.67. The molecule has 0 saturated carbocycles. The molecule has 170 valence electrons. The van der Waals surface area contributed by atoms with Crippen LogP contribution >= 0.6 is 0 Å². The summed E-state index contributed by atoms with van der Waals surface area (Å²) in [6.07, 6.45) is 1.17. The molecule has 1 aromatic carbocycles. The zero-order valence-electron chi connectivity index (χ0n) is 19.2. The molecule has 0 spiro atoms. The number of aromatic nitrogens is 1. The zero-order valence-corrected chi connectivity index (χ0v) is 19.2.